The zero-order chi connectivity index (χ0) is 15.0. The first-order valence-corrected chi connectivity index (χ1v) is 6.90. The average Bonchev–Trinajstić information content (AvgIpc) is 2.89. The Morgan fingerprint density at radius 3 is 2.67 bits per heavy atom. The standard InChI is InChI=1S/C16H14ClNO3/c1-9-5-10(2)15(12(17)6-9)18-16(19)11-3-4-13-14(7-11)21-8-20-13/h3-7H,8H2,1-2H3,(H,18,19). The van der Waals surface area contributed by atoms with E-state index in [1.54, 1.807) is 18.2 Å². The molecule has 21 heavy (non-hydrogen) atoms. The number of fused-ring (bicyclic) bond motifs is 1. The summed E-state index contributed by atoms with van der Waals surface area (Å²) < 4.78 is 10.5. The fourth-order valence-corrected chi connectivity index (χ4v) is 2.67. The summed E-state index contributed by atoms with van der Waals surface area (Å²) in [6.07, 6.45) is 0. The monoisotopic (exact) mass is 303 g/mol. The quantitative estimate of drug-likeness (QED) is 0.914. The van der Waals surface area contributed by atoms with Crippen molar-refractivity contribution in [3.05, 3.63) is 52.0 Å². The molecule has 5 heteroatoms. The molecule has 3 rings (SSSR count). The van der Waals surface area contributed by atoms with Gasteiger partial charge in [-0.05, 0) is 49.2 Å². The summed E-state index contributed by atoms with van der Waals surface area (Å²) in [5.74, 6) is 0.993. The topological polar surface area (TPSA) is 47.6 Å². The molecule has 4 nitrogen and oxygen atoms in total. The number of hydrogen-bond donors (Lipinski definition) is 1. The fraction of sp³-hybridized carbons (Fsp3) is 0.188. The van der Waals surface area contributed by atoms with E-state index in [1.165, 1.54) is 0 Å². The van der Waals surface area contributed by atoms with Gasteiger partial charge in [-0.15, -0.1) is 0 Å². The lowest BCUT2D eigenvalue weighted by molar-refractivity contribution is 0.102. The van der Waals surface area contributed by atoms with Gasteiger partial charge in [0.1, 0.15) is 0 Å². The predicted octanol–water partition coefficient (Wildman–Crippen LogP) is 3.94. The van der Waals surface area contributed by atoms with Gasteiger partial charge in [0.05, 0.1) is 10.7 Å². The zero-order valence-electron chi connectivity index (χ0n) is 11.7. The molecule has 108 valence electrons. The molecule has 0 spiro atoms. The van der Waals surface area contributed by atoms with Gasteiger partial charge >= 0.3 is 0 Å². The number of nitrogens with one attached hydrogen (secondary N) is 1. The summed E-state index contributed by atoms with van der Waals surface area (Å²) in [5.41, 5.74) is 3.10. The van der Waals surface area contributed by atoms with Crippen LogP contribution in [0.25, 0.3) is 0 Å². The third-order valence-electron chi connectivity index (χ3n) is 3.31. The van der Waals surface area contributed by atoms with Gasteiger partial charge in [-0.25, -0.2) is 0 Å². The van der Waals surface area contributed by atoms with Crippen LogP contribution in [0, 0.1) is 13.8 Å². The number of halogens is 1. The molecule has 2 aromatic carbocycles. The van der Waals surface area contributed by atoms with Gasteiger partial charge < -0.3 is 14.8 Å². The van der Waals surface area contributed by atoms with E-state index >= 15 is 0 Å². The Bertz CT molecular complexity index is 704. The Morgan fingerprint density at radius 1 is 1.14 bits per heavy atom. The molecule has 2 aromatic rings. The predicted molar refractivity (Wildman–Crippen MR) is 81.4 cm³/mol. The molecule has 1 aliphatic rings. The van der Waals surface area contributed by atoms with E-state index in [0.29, 0.717) is 27.8 Å². The van der Waals surface area contributed by atoms with Crippen molar-refractivity contribution in [2.75, 3.05) is 12.1 Å². The van der Waals surface area contributed by atoms with E-state index in [1.807, 2.05) is 26.0 Å². The summed E-state index contributed by atoms with van der Waals surface area (Å²) >= 11 is 6.20. The van der Waals surface area contributed by atoms with Crippen molar-refractivity contribution >= 4 is 23.2 Å². The van der Waals surface area contributed by atoms with Crippen LogP contribution in [-0.2, 0) is 0 Å². The number of ether oxygens (including phenoxy) is 2. The number of amides is 1. The molecule has 0 saturated heterocycles. The van der Waals surface area contributed by atoms with E-state index in [2.05, 4.69) is 5.32 Å². The first-order chi connectivity index (χ1) is 10.0. The summed E-state index contributed by atoms with van der Waals surface area (Å²) in [6, 6.07) is 8.88. The van der Waals surface area contributed by atoms with Crippen LogP contribution in [0.1, 0.15) is 21.5 Å². The molecule has 0 aromatic heterocycles. The number of benzene rings is 2. The molecule has 0 aliphatic carbocycles. The van der Waals surface area contributed by atoms with Crippen LogP contribution in [0.3, 0.4) is 0 Å². The van der Waals surface area contributed by atoms with E-state index in [-0.39, 0.29) is 12.7 Å². The number of carbonyl (C=O) groups is 1. The second kappa shape index (κ2) is 5.30. The van der Waals surface area contributed by atoms with Crippen molar-refractivity contribution in [2.45, 2.75) is 13.8 Å². The van der Waals surface area contributed by atoms with Crippen LogP contribution in [-0.4, -0.2) is 12.7 Å². The van der Waals surface area contributed by atoms with Crippen LogP contribution >= 0.6 is 11.6 Å². The molecule has 1 N–H and O–H groups in total. The Hall–Kier alpha value is -2.20. The Morgan fingerprint density at radius 2 is 1.90 bits per heavy atom. The van der Waals surface area contributed by atoms with Gasteiger partial charge in [0.15, 0.2) is 11.5 Å². The van der Waals surface area contributed by atoms with Gasteiger partial charge in [-0.1, -0.05) is 17.7 Å². The first-order valence-electron chi connectivity index (χ1n) is 6.52. The third-order valence-corrected chi connectivity index (χ3v) is 3.60. The molecule has 1 amide bonds. The lowest BCUT2D eigenvalue weighted by atomic mass is 10.1. The van der Waals surface area contributed by atoms with Crippen LogP contribution in [0.15, 0.2) is 30.3 Å². The molecule has 0 fully saturated rings. The Balaban J connectivity index is 1.87. The number of anilines is 1. The summed E-state index contributed by atoms with van der Waals surface area (Å²) in [6.45, 7) is 4.06. The van der Waals surface area contributed by atoms with Crippen molar-refractivity contribution in [2.24, 2.45) is 0 Å². The van der Waals surface area contributed by atoms with Crippen molar-refractivity contribution in [1.29, 1.82) is 0 Å². The minimum Gasteiger partial charge on any atom is -0.454 e. The largest absolute Gasteiger partial charge is 0.454 e. The van der Waals surface area contributed by atoms with Crippen molar-refractivity contribution in [1.82, 2.24) is 0 Å². The lowest BCUT2D eigenvalue weighted by Gasteiger charge is -2.11. The number of rotatable bonds is 2. The summed E-state index contributed by atoms with van der Waals surface area (Å²) in [7, 11) is 0. The normalized spacial score (nSPS) is 12.3. The Labute approximate surface area is 127 Å². The maximum atomic E-state index is 12.3. The van der Waals surface area contributed by atoms with Crippen LogP contribution in [0.4, 0.5) is 5.69 Å². The molecule has 0 saturated carbocycles. The van der Waals surface area contributed by atoms with Crippen LogP contribution in [0.2, 0.25) is 5.02 Å². The number of aryl methyl sites for hydroxylation is 2. The molecule has 0 atom stereocenters. The van der Waals surface area contributed by atoms with Crippen LogP contribution in [0.5, 0.6) is 11.5 Å². The van der Waals surface area contributed by atoms with Crippen molar-refractivity contribution in [3.63, 3.8) is 0 Å². The van der Waals surface area contributed by atoms with Gasteiger partial charge in [-0.3, -0.25) is 4.79 Å². The highest BCUT2D eigenvalue weighted by atomic mass is 35.5. The minimum absolute atomic E-state index is 0.184. The third kappa shape index (κ3) is 2.67. The van der Waals surface area contributed by atoms with E-state index in [9.17, 15) is 4.79 Å². The zero-order valence-corrected chi connectivity index (χ0v) is 12.5. The molecule has 0 unspecified atom stereocenters. The number of carbonyl (C=O) groups excluding carboxylic acids is 1. The summed E-state index contributed by atoms with van der Waals surface area (Å²) in [5, 5.41) is 3.38. The maximum Gasteiger partial charge on any atom is 0.255 e. The second-order valence-corrected chi connectivity index (χ2v) is 5.37. The fourth-order valence-electron chi connectivity index (χ4n) is 2.30. The average molecular weight is 304 g/mol. The minimum atomic E-state index is -0.234. The molecule has 0 radical (unpaired) electrons. The van der Waals surface area contributed by atoms with Gasteiger partial charge in [0.25, 0.3) is 5.91 Å². The maximum absolute atomic E-state index is 12.3. The van der Waals surface area contributed by atoms with Crippen molar-refractivity contribution < 1.29 is 14.3 Å². The SMILES string of the molecule is Cc1cc(C)c(NC(=O)c2ccc3c(c2)OCO3)c(Cl)c1. The van der Waals surface area contributed by atoms with Crippen LogP contribution < -0.4 is 14.8 Å². The summed E-state index contributed by atoms with van der Waals surface area (Å²) in [4.78, 5) is 12.3. The molecule has 1 heterocycles. The second-order valence-electron chi connectivity index (χ2n) is 4.96. The van der Waals surface area contributed by atoms with Gasteiger partial charge in [-0.2, -0.15) is 0 Å². The Kier molecular flexibility index (Phi) is 3.47. The first kappa shape index (κ1) is 13.8. The highest BCUT2D eigenvalue weighted by molar-refractivity contribution is 6.34. The smallest absolute Gasteiger partial charge is 0.255 e. The van der Waals surface area contributed by atoms with E-state index in [0.717, 1.165) is 11.1 Å². The van der Waals surface area contributed by atoms with Gasteiger partial charge in [0.2, 0.25) is 6.79 Å². The van der Waals surface area contributed by atoms with Crippen molar-refractivity contribution in [3.8, 4) is 11.5 Å². The van der Waals surface area contributed by atoms with Gasteiger partial charge in [0, 0.05) is 5.56 Å². The molecular formula is C16H14ClNO3. The highest BCUT2D eigenvalue weighted by Gasteiger charge is 2.17. The lowest BCUT2D eigenvalue weighted by Crippen LogP contribution is -2.13. The highest BCUT2D eigenvalue weighted by Crippen LogP contribution is 2.33. The van der Waals surface area contributed by atoms with E-state index in [4.69, 9.17) is 21.1 Å². The molecule has 1 aliphatic heterocycles. The molecular weight excluding hydrogens is 290 g/mol. The van der Waals surface area contributed by atoms with E-state index < -0.39 is 0 Å². The number of hydrogen-bond acceptors (Lipinski definition) is 3. The molecule has 0 bridgehead atoms.